The molecule has 2 N–H and O–H groups in total. The molecule has 1 amide bonds. The van der Waals surface area contributed by atoms with Crippen molar-refractivity contribution in [1.82, 2.24) is 4.90 Å². The predicted molar refractivity (Wildman–Crippen MR) is 78.0 cm³/mol. The highest BCUT2D eigenvalue weighted by atomic mass is 32.1. The molecule has 0 aromatic heterocycles. The number of nitrogens with two attached hydrogens (primary N) is 1. The molecule has 18 heavy (non-hydrogen) atoms. The molecule has 0 aliphatic rings. The average molecular weight is 273 g/mol. The van der Waals surface area contributed by atoms with Crippen LogP contribution in [0.4, 0.5) is 4.79 Å². The van der Waals surface area contributed by atoms with Crippen LogP contribution >= 0.6 is 12.2 Å². The van der Waals surface area contributed by atoms with Gasteiger partial charge in [-0.3, -0.25) is 0 Å². The number of primary amides is 1. The monoisotopic (exact) mass is 273 g/mol. The highest BCUT2D eigenvalue weighted by Gasteiger charge is 2.21. The quantitative estimate of drug-likeness (QED) is 0.474. The minimum Gasteiger partial charge on any atom is -0.444 e. The Kier molecular flexibility index (Phi) is 6.83. The first-order chi connectivity index (χ1) is 8.14. The van der Waals surface area contributed by atoms with Gasteiger partial charge in [0.25, 0.3) is 0 Å². The number of hydrogen-bond donors (Lipinski definition) is 1. The summed E-state index contributed by atoms with van der Waals surface area (Å²) in [5.74, 6) is 0.882. The second-order valence-electron chi connectivity index (χ2n) is 4.98. The number of amidine groups is 1. The first kappa shape index (κ1) is 16.8. The lowest BCUT2D eigenvalue weighted by Crippen LogP contribution is -2.31. The molecule has 6 heteroatoms. The number of rotatable bonds is 5. The topological polar surface area (TPSA) is 67.9 Å². The molecule has 0 atom stereocenters. The van der Waals surface area contributed by atoms with Crippen molar-refractivity contribution in [3.05, 3.63) is 0 Å². The maximum absolute atomic E-state index is 10.7. The molecule has 0 rings (SSSR count). The van der Waals surface area contributed by atoms with Crippen LogP contribution < -0.4 is 5.73 Å². The van der Waals surface area contributed by atoms with Gasteiger partial charge in [0.1, 0.15) is 16.4 Å². The third kappa shape index (κ3) is 8.00. The van der Waals surface area contributed by atoms with Gasteiger partial charge in [-0.25, -0.2) is 9.79 Å². The summed E-state index contributed by atoms with van der Waals surface area (Å²) in [6, 6.07) is 0. The Morgan fingerprint density at radius 3 is 2.44 bits per heavy atom. The van der Waals surface area contributed by atoms with Gasteiger partial charge in [0, 0.05) is 20.5 Å². The number of thiocarbonyl (C=S) groups is 1. The Morgan fingerprint density at radius 2 is 2.00 bits per heavy atom. The molecule has 5 nitrogen and oxygen atoms in total. The number of ether oxygens (including phenoxy) is 1. The summed E-state index contributed by atoms with van der Waals surface area (Å²) < 4.78 is 4.99. The van der Waals surface area contributed by atoms with Crippen molar-refractivity contribution < 1.29 is 9.53 Å². The molecule has 0 fully saturated rings. The van der Waals surface area contributed by atoms with E-state index in [4.69, 9.17) is 22.7 Å². The van der Waals surface area contributed by atoms with Crippen molar-refractivity contribution >= 4 is 29.1 Å². The van der Waals surface area contributed by atoms with Crippen LogP contribution in [0.3, 0.4) is 0 Å². The summed E-state index contributed by atoms with van der Waals surface area (Å²) in [5, 5.41) is 0. The van der Waals surface area contributed by atoms with Crippen LogP contribution in [0, 0.1) is 0 Å². The summed E-state index contributed by atoms with van der Waals surface area (Å²) in [5.41, 5.74) is 4.44. The van der Waals surface area contributed by atoms with Crippen molar-refractivity contribution in [2.75, 3.05) is 14.1 Å². The van der Waals surface area contributed by atoms with Crippen molar-refractivity contribution in [2.24, 2.45) is 10.7 Å². The summed E-state index contributed by atoms with van der Waals surface area (Å²) in [7, 11) is 3.84. The molecule has 0 unspecified atom stereocenters. The third-order valence-electron chi connectivity index (χ3n) is 2.48. The lowest BCUT2D eigenvalue weighted by Gasteiger charge is -2.23. The zero-order valence-electron chi connectivity index (χ0n) is 11.8. The second kappa shape index (κ2) is 7.31. The molecule has 0 heterocycles. The van der Waals surface area contributed by atoms with Gasteiger partial charge in [-0.05, 0) is 33.6 Å². The molecule has 104 valence electrons. The first-order valence-corrected chi connectivity index (χ1v) is 6.29. The minimum absolute atomic E-state index is 0.554. The van der Waals surface area contributed by atoms with E-state index in [9.17, 15) is 4.79 Å². The number of hydrogen-bond acceptors (Lipinski definition) is 3. The lowest BCUT2D eigenvalue weighted by molar-refractivity contribution is 0.0381. The Bertz CT molecular complexity index is 338. The van der Waals surface area contributed by atoms with E-state index in [-0.39, 0.29) is 0 Å². The molecule has 0 radical (unpaired) electrons. The smallest absolute Gasteiger partial charge is 0.405 e. The normalized spacial score (nSPS) is 12.2. The Labute approximate surface area is 114 Å². The van der Waals surface area contributed by atoms with Crippen LogP contribution in [0.5, 0.6) is 0 Å². The zero-order valence-corrected chi connectivity index (χ0v) is 12.6. The number of nitrogens with zero attached hydrogens (tertiary/aromatic N) is 2. The van der Waals surface area contributed by atoms with Crippen LogP contribution in [0.15, 0.2) is 4.99 Å². The van der Waals surface area contributed by atoms with E-state index < -0.39 is 11.7 Å². The average Bonchev–Trinajstić information content (AvgIpc) is 2.14. The fourth-order valence-corrected chi connectivity index (χ4v) is 1.60. The van der Waals surface area contributed by atoms with Crippen LogP contribution in [-0.4, -0.2) is 41.5 Å². The standard InChI is InChI=1S/C12H23N3O2S/c1-9(15(4)5)14-10(18)7-6-8-12(2,3)17-11(13)16/h6-8H2,1-5H3,(H2,13,16). The number of amides is 1. The maximum Gasteiger partial charge on any atom is 0.405 e. The molecule has 0 aromatic rings. The number of aliphatic imine (C=N–C) groups is 1. The van der Waals surface area contributed by atoms with Crippen molar-refractivity contribution in [3.8, 4) is 0 Å². The first-order valence-electron chi connectivity index (χ1n) is 5.88. The molecular weight excluding hydrogens is 250 g/mol. The molecule has 0 saturated carbocycles. The van der Waals surface area contributed by atoms with Crippen molar-refractivity contribution in [2.45, 2.75) is 45.6 Å². The Morgan fingerprint density at radius 1 is 1.44 bits per heavy atom. The Balaban J connectivity index is 4.09. The van der Waals surface area contributed by atoms with E-state index in [0.717, 1.165) is 12.3 Å². The Hall–Kier alpha value is -1.17. The molecule has 0 spiro atoms. The van der Waals surface area contributed by atoms with E-state index >= 15 is 0 Å². The fraction of sp³-hybridized carbons (Fsp3) is 0.750. The number of carbonyl (C=O) groups excluding carboxylic acids is 1. The second-order valence-corrected chi connectivity index (χ2v) is 5.45. The van der Waals surface area contributed by atoms with Gasteiger partial charge in [0.05, 0.1) is 0 Å². The van der Waals surface area contributed by atoms with Crippen molar-refractivity contribution in [3.63, 3.8) is 0 Å². The van der Waals surface area contributed by atoms with Gasteiger partial charge in [-0.15, -0.1) is 0 Å². The molecule has 0 saturated heterocycles. The summed E-state index contributed by atoms with van der Waals surface area (Å²) in [6.07, 6.45) is 1.46. The summed E-state index contributed by atoms with van der Waals surface area (Å²) in [6.45, 7) is 5.57. The summed E-state index contributed by atoms with van der Waals surface area (Å²) in [4.78, 5) is 17.6. The molecule has 0 bridgehead atoms. The van der Waals surface area contributed by atoms with E-state index in [2.05, 4.69) is 4.99 Å². The van der Waals surface area contributed by atoms with E-state index in [1.807, 2.05) is 39.8 Å². The van der Waals surface area contributed by atoms with Crippen LogP contribution in [-0.2, 0) is 4.74 Å². The highest BCUT2D eigenvalue weighted by molar-refractivity contribution is 7.80. The minimum atomic E-state index is -0.746. The molecule has 0 aromatic carbocycles. The molecule has 0 aliphatic carbocycles. The largest absolute Gasteiger partial charge is 0.444 e. The third-order valence-corrected chi connectivity index (χ3v) is 2.78. The SMILES string of the molecule is CC(=NC(=S)CCCC(C)(C)OC(N)=O)N(C)C. The lowest BCUT2D eigenvalue weighted by atomic mass is 10.0. The summed E-state index contributed by atoms with van der Waals surface area (Å²) >= 11 is 5.18. The van der Waals surface area contributed by atoms with Gasteiger partial charge < -0.3 is 15.4 Å². The fourth-order valence-electron chi connectivity index (χ4n) is 1.33. The molecule has 0 aliphatic heterocycles. The molecular formula is C12H23N3O2S. The number of carbonyl (C=O) groups is 1. The van der Waals surface area contributed by atoms with Gasteiger partial charge in [-0.1, -0.05) is 12.2 Å². The highest BCUT2D eigenvalue weighted by Crippen LogP contribution is 2.18. The van der Waals surface area contributed by atoms with Gasteiger partial charge in [0.15, 0.2) is 0 Å². The van der Waals surface area contributed by atoms with Crippen molar-refractivity contribution in [1.29, 1.82) is 0 Å². The zero-order chi connectivity index (χ0) is 14.3. The van der Waals surface area contributed by atoms with Crippen LogP contribution in [0.1, 0.15) is 40.0 Å². The van der Waals surface area contributed by atoms with E-state index in [1.165, 1.54) is 0 Å². The van der Waals surface area contributed by atoms with Crippen LogP contribution in [0.25, 0.3) is 0 Å². The maximum atomic E-state index is 10.7. The van der Waals surface area contributed by atoms with Gasteiger partial charge in [-0.2, -0.15) is 0 Å². The van der Waals surface area contributed by atoms with Gasteiger partial charge >= 0.3 is 6.09 Å². The van der Waals surface area contributed by atoms with Gasteiger partial charge in [0.2, 0.25) is 0 Å². The predicted octanol–water partition coefficient (Wildman–Crippen LogP) is 2.34. The van der Waals surface area contributed by atoms with E-state index in [0.29, 0.717) is 17.8 Å². The van der Waals surface area contributed by atoms with Crippen LogP contribution in [0.2, 0.25) is 0 Å². The van der Waals surface area contributed by atoms with E-state index in [1.54, 1.807) is 0 Å².